The maximum atomic E-state index is 12.1. The molecule has 2 amide bonds. The molecule has 1 aromatic rings. The first-order chi connectivity index (χ1) is 10.1. The van der Waals surface area contributed by atoms with Crippen molar-refractivity contribution in [1.29, 1.82) is 0 Å². The van der Waals surface area contributed by atoms with Gasteiger partial charge in [0.15, 0.2) is 0 Å². The summed E-state index contributed by atoms with van der Waals surface area (Å²) in [4.78, 5) is 13.7. The monoisotopic (exact) mass is 294 g/mol. The molecule has 0 radical (unpaired) electrons. The summed E-state index contributed by atoms with van der Waals surface area (Å²) >= 11 is 0. The number of hydrogen-bond donors (Lipinski definition) is 2. The molecule has 0 fully saturated rings. The number of aliphatic hydroxyl groups excluding tert-OH is 1. The Morgan fingerprint density at radius 3 is 2.76 bits per heavy atom. The molecule has 2 N–H and O–H groups in total. The fourth-order valence-electron chi connectivity index (χ4n) is 1.83. The van der Waals surface area contributed by atoms with Gasteiger partial charge in [0.2, 0.25) is 0 Å². The smallest absolute Gasteiger partial charge is 0.321 e. The van der Waals surface area contributed by atoms with E-state index in [1.807, 2.05) is 31.2 Å². The van der Waals surface area contributed by atoms with Crippen molar-refractivity contribution in [2.75, 3.05) is 31.6 Å². The number of nitrogens with one attached hydrogen (secondary N) is 1. The Labute approximate surface area is 126 Å². The number of hydrogen-bond acceptors (Lipinski definition) is 3. The SMILES string of the molecule is CCCN(CCO)C(=O)Nc1cccc(OCC(C)C)c1. The Kier molecular flexibility index (Phi) is 7.61. The van der Waals surface area contributed by atoms with Crippen LogP contribution in [0.25, 0.3) is 0 Å². The number of carbonyl (C=O) groups is 1. The molecular formula is C16H26N2O3. The lowest BCUT2D eigenvalue weighted by atomic mass is 10.2. The highest BCUT2D eigenvalue weighted by Gasteiger charge is 2.12. The largest absolute Gasteiger partial charge is 0.493 e. The van der Waals surface area contributed by atoms with E-state index in [2.05, 4.69) is 19.2 Å². The van der Waals surface area contributed by atoms with Crippen molar-refractivity contribution in [3.05, 3.63) is 24.3 Å². The summed E-state index contributed by atoms with van der Waals surface area (Å²) in [5.74, 6) is 1.19. The molecule has 0 heterocycles. The van der Waals surface area contributed by atoms with E-state index in [0.29, 0.717) is 31.3 Å². The van der Waals surface area contributed by atoms with E-state index < -0.39 is 0 Å². The van der Waals surface area contributed by atoms with Crippen LogP contribution in [0.5, 0.6) is 5.75 Å². The predicted octanol–water partition coefficient (Wildman–Crippen LogP) is 2.96. The molecule has 5 heteroatoms. The van der Waals surface area contributed by atoms with Crippen molar-refractivity contribution in [2.45, 2.75) is 27.2 Å². The molecule has 0 aliphatic rings. The normalized spacial score (nSPS) is 10.5. The van der Waals surface area contributed by atoms with Crippen LogP contribution in [0.3, 0.4) is 0 Å². The third kappa shape index (κ3) is 6.49. The van der Waals surface area contributed by atoms with Crippen molar-refractivity contribution in [1.82, 2.24) is 4.90 Å². The van der Waals surface area contributed by atoms with E-state index in [4.69, 9.17) is 9.84 Å². The van der Waals surface area contributed by atoms with Gasteiger partial charge in [-0.2, -0.15) is 0 Å². The minimum absolute atomic E-state index is 0.0367. The van der Waals surface area contributed by atoms with Gasteiger partial charge in [0.05, 0.1) is 13.2 Å². The van der Waals surface area contributed by atoms with Crippen LogP contribution in [0.4, 0.5) is 10.5 Å². The van der Waals surface area contributed by atoms with E-state index >= 15 is 0 Å². The lowest BCUT2D eigenvalue weighted by molar-refractivity contribution is 0.188. The van der Waals surface area contributed by atoms with E-state index in [-0.39, 0.29) is 12.6 Å². The van der Waals surface area contributed by atoms with E-state index in [1.54, 1.807) is 4.90 Å². The zero-order chi connectivity index (χ0) is 15.7. The van der Waals surface area contributed by atoms with Crippen molar-refractivity contribution in [2.24, 2.45) is 5.92 Å². The quantitative estimate of drug-likeness (QED) is 0.775. The Morgan fingerprint density at radius 1 is 1.38 bits per heavy atom. The third-order valence-corrected chi connectivity index (χ3v) is 2.82. The first kappa shape index (κ1) is 17.3. The maximum absolute atomic E-state index is 12.1. The van der Waals surface area contributed by atoms with Crippen LogP contribution in [-0.4, -0.2) is 42.3 Å². The number of anilines is 1. The molecule has 1 aromatic carbocycles. The highest BCUT2D eigenvalue weighted by Crippen LogP contribution is 2.18. The summed E-state index contributed by atoms with van der Waals surface area (Å²) in [6.07, 6.45) is 0.852. The van der Waals surface area contributed by atoms with Gasteiger partial charge in [-0.1, -0.05) is 26.8 Å². The van der Waals surface area contributed by atoms with Gasteiger partial charge in [0, 0.05) is 24.8 Å². The Hall–Kier alpha value is -1.75. The van der Waals surface area contributed by atoms with Gasteiger partial charge in [-0.25, -0.2) is 4.79 Å². The molecule has 1 rings (SSSR count). The van der Waals surface area contributed by atoms with Gasteiger partial charge in [0.25, 0.3) is 0 Å². The summed E-state index contributed by atoms with van der Waals surface area (Å²) in [7, 11) is 0. The van der Waals surface area contributed by atoms with Crippen molar-refractivity contribution in [3.8, 4) is 5.75 Å². The molecule has 0 unspecified atom stereocenters. The van der Waals surface area contributed by atoms with Crippen molar-refractivity contribution < 1.29 is 14.6 Å². The summed E-state index contributed by atoms with van der Waals surface area (Å²) in [5.41, 5.74) is 0.695. The van der Waals surface area contributed by atoms with Crippen LogP contribution < -0.4 is 10.1 Å². The molecule has 21 heavy (non-hydrogen) atoms. The maximum Gasteiger partial charge on any atom is 0.321 e. The van der Waals surface area contributed by atoms with Crippen LogP contribution in [0.15, 0.2) is 24.3 Å². The average Bonchev–Trinajstić information content (AvgIpc) is 2.45. The Balaban J connectivity index is 2.64. The van der Waals surface area contributed by atoms with E-state index in [9.17, 15) is 4.79 Å². The fourth-order valence-corrected chi connectivity index (χ4v) is 1.83. The van der Waals surface area contributed by atoms with Gasteiger partial charge in [0.1, 0.15) is 5.75 Å². The summed E-state index contributed by atoms with van der Waals surface area (Å²) in [6.45, 7) is 7.73. The second-order valence-corrected chi connectivity index (χ2v) is 5.37. The second kappa shape index (κ2) is 9.23. The molecule has 0 bridgehead atoms. The van der Waals surface area contributed by atoms with E-state index in [1.165, 1.54) is 0 Å². The summed E-state index contributed by atoms with van der Waals surface area (Å²) < 4.78 is 5.64. The number of nitrogens with zero attached hydrogens (tertiary/aromatic N) is 1. The second-order valence-electron chi connectivity index (χ2n) is 5.37. The van der Waals surface area contributed by atoms with Gasteiger partial charge in [-0.15, -0.1) is 0 Å². The van der Waals surface area contributed by atoms with Gasteiger partial charge in [-0.3, -0.25) is 0 Å². The molecular weight excluding hydrogens is 268 g/mol. The molecule has 0 aliphatic heterocycles. The van der Waals surface area contributed by atoms with Crippen LogP contribution in [0.2, 0.25) is 0 Å². The first-order valence-electron chi connectivity index (χ1n) is 7.46. The van der Waals surface area contributed by atoms with Crippen LogP contribution in [0.1, 0.15) is 27.2 Å². The minimum atomic E-state index is -0.202. The average molecular weight is 294 g/mol. The van der Waals surface area contributed by atoms with E-state index in [0.717, 1.165) is 12.2 Å². The highest BCUT2D eigenvalue weighted by molar-refractivity contribution is 5.89. The molecule has 0 atom stereocenters. The number of carbonyl (C=O) groups excluding carboxylic acids is 1. The zero-order valence-electron chi connectivity index (χ0n) is 13.1. The summed E-state index contributed by atoms with van der Waals surface area (Å²) in [6, 6.07) is 7.15. The molecule has 0 aliphatic carbocycles. The minimum Gasteiger partial charge on any atom is -0.493 e. The lowest BCUT2D eigenvalue weighted by Gasteiger charge is -2.21. The third-order valence-electron chi connectivity index (χ3n) is 2.82. The zero-order valence-corrected chi connectivity index (χ0v) is 13.1. The van der Waals surface area contributed by atoms with Crippen molar-refractivity contribution in [3.63, 3.8) is 0 Å². The number of benzene rings is 1. The highest BCUT2D eigenvalue weighted by atomic mass is 16.5. The number of ether oxygens (including phenoxy) is 1. The number of amides is 2. The molecule has 118 valence electrons. The molecule has 0 spiro atoms. The van der Waals surface area contributed by atoms with Crippen LogP contribution in [-0.2, 0) is 0 Å². The van der Waals surface area contributed by atoms with Crippen LogP contribution in [0, 0.1) is 5.92 Å². The van der Waals surface area contributed by atoms with Gasteiger partial charge in [-0.05, 0) is 24.5 Å². The predicted molar refractivity (Wildman–Crippen MR) is 84.7 cm³/mol. The van der Waals surface area contributed by atoms with Gasteiger partial charge >= 0.3 is 6.03 Å². The number of rotatable bonds is 8. The molecule has 0 saturated heterocycles. The lowest BCUT2D eigenvalue weighted by Crippen LogP contribution is -2.37. The van der Waals surface area contributed by atoms with Gasteiger partial charge < -0.3 is 20.1 Å². The first-order valence-corrected chi connectivity index (χ1v) is 7.46. The van der Waals surface area contributed by atoms with Crippen molar-refractivity contribution >= 4 is 11.7 Å². The van der Waals surface area contributed by atoms with Crippen LogP contribution >= 0.6 is 0 Å². The topological polar surface area (TPSA) is 61.8 Å². The molecule has 0 saturated carbocycles. The Bertz CT molecular complexity index is 429. The summed E-state index contributed by atoms with van der Waals surface area (Å²) in [5, 5.41) is 11.8. The number of aliphatic hydroxyl groups is 1. The number of urea groups is 1. The molecule has 5 nitrogen and oxygen atoms in total. The Morgan fingerprint density at radius 2 is 2.14 bits per heavy atom. The fraction of sp³-hybridized carbons (Fsp3) is 0.562. The molecule has 0 aromatic heterocycles. The standard InChI is InChI=1S/C16H26N2O3/c1-4-8-18(9-10-19)16(20)17-14-6-5-7-15(11-14)21-12-13(2)3/h5-7,11,13,19H,4,8-10,12H2,1-3H3,(H,17,20).